The van der Waals surface area contributed by atoms with E-state index in [1.165, 1.54) is 0 Å². The van der Waals surface area contributed by atoms with E-state index in [0.29, 0.717) is 24.7 Å². The van der Waals surface area contributed by atoms with Crippen molar-refractivity contribution in [3.8, 4) is 0 Å². The Labute approximate surface area is 129 Å². The first-order valence-electron chi connectivity index (χ1n) is 7.20. The van der Waals surface area contributed by atoms with Gasteiger partial charge in [0, 0.05) is 24.6 Å². The largest absolute Gasteiger partial charge is 0.348 e. The maximum atomic E-state index is 11.8. The fourth-order valence-corrected chi connectivity index (χ4v) is 1.89. The van der Waals surface area contributed by atoms with Crippen LogP contribution in [0.2, 0.25) is 0 Å². The van der Waals surface area contributed by atoms with Crippen LogP contribution in [0.1, 0.15) is 19.4 Å². The van der Waals surface area contributed by atoms with E-state index >= 15 is 0 Å². The van der Waals surface area contributed by atoms with E-state index in [1.54, 1.807) is 16.9 Å². The summed E-state index contributed by atoms with van der Waals surface area (Å²) >= 11 is 0. The molecule has 1 aromatic carbocycles. The van der Waals surface area contributed by atoms with E-state index in [4.69, 9.17) is 0 Å². The topological polar surface area (TPSA) is 76.0 Å². The molecule has 0 aliphatic rings. The van der Waals surface area contributed by atoms with Gasteiger partial charge in [0.1, 0.15) is 0 Å². The van der Waals surface area contributed by atoms with Gasteiger partial charge >= 0.3 is 11.8 Å². The first-order chi connectivity index (χ1) is 10.5. The number of nitrogens with one attached hydrogen (secondary N) is 2. The molecule has 0 spiro atoms. The van der Waals surface area contributed by atoms with Crippen molar-refractivity contribution in [3.05, 3.63) is 48.3 Å². The van der Waals surface area contributed by atoms with Crippen LogP contribution < -0.4 is 10.6 Å². The van der Waals surface area contributed by atoms with Crippen LogP contribution in [0.3, 0.4) is 0 Å². The van der Waals surface area contributed by atoms with E-state index in [2.05, 4.69) is 15.7 Å². The zero-order valence-corrected chi connectivity index (χ0v) is 12.7. The third kappa shape index (κ3) is 4.73. The van der Waals surface area contributed by atoms with Gasteiger partial charge in [-0.05, 0) is 29.7 Å². The summed E-state index contributed by atoms with van der Waals surface area (Å²) < 4.78 is 1.79. The molecule has 1 aromatic heterocycles. The molecule has 2 N–H and O–H groups in total. The maximum absolute atomic E-state index is 11.8. The summed E-state index contributed by atoms with van der Waals surface area (Å²) in [6.07, 6.45) is 3.58. The van der Waals surface area contributed by atoms with Crippen molar-refractivity contribution in [1.29, 1.82) is 0 Å². The van der Waals surface area contributed by atoms with Gasteiger partial charge in [0.05, 0.1) is 6.54 Å². The van der Waals surface area contributed by atoms with Gasteiger partial charge in [-0.3, -0.25) is 14.3 Å². The summed E-state index contributed by atoms with van der Waals surface area (Å²) in [4.78, 5) is 23.5. The molecule has 0 saturated heterocycles. The predicted octanol–water partition coefficient (Wildman–Crippen LogP) is 1.64. The SMILES string of the molecule is CC(C)CNC(=O)C(=O)Nc1cccc(Cn2cccn2)c1. The van der Waals surface area contributed by atoms with Crippen LogP contribution in [0.5, 0.6) is 0 Å². The van der Waals surface area contributed by atoms with Gasteiger partial charge in [-0.1, -0.05) is 26.0 Å². The number of benzene rings is 1. The highest BCUT2D eigenvalue weighted by atomic mass is 16.2. The minimum absolute atomic E-state index is 0.300. The van der Waals surface area contributed by atoms with Crippen LogP contribution in [0.25, 0.3) is 0 Å². The number of aromatic nitrogens is 2. The van der Waals surface area contributed by atoms with Crippen LogP contribution >= 0.6 is 0 Å². The Morgan fingerprint density at radius 2 is 2.05 bits per heavy atom. The Hall–Kier alpha value is -2.63. The molecule has 0 saturated carbocycles. The molecule has 0 aliphatic carbocycles. The lowest BCUT2D eigenvalue weighted by Gasteiger charge is -2.09. The molecule has 0 unspecified atom stereocenters. The highest BCUT2D eigenvalue weighted by Crippen LogP contribution is 2.11. The lowest BCUT2D eigenvalue weighted by Crippen LogP contribution is -2.37. The second kappa shape index (κ2) is 7.40. The van der Waals surface area contributed by atoms with Crippen LogP contribution in [-0.4, -0.2) is 28.1 Å². The van der Waals surface area contributed by atoms with Gasteiger partial charge in [-0.2, -0.15) is 5.10 Å². The molecule has 0 bridgehead atoms. The van der Waals surface area contributed by atoms with Crippen molar-refractivity contribution >= 4 is 17.5 Å². The Balaban J connectivity index is 1.95. The fraction of sp³-hybridized carbons (Fsp3) is 0.312. The monoisotopic (exact) mass is 300 g/mol. The molecule has 0 fully saturated rings. The number of carbonyl (C=O) groups is 2. The van der Waals surface area contributed by atoms with E-state index in [0.717, 1.165) is 5.56 Å². The number of rotatable bonds is 5. The Kier molecular flexibility index (Phi) is 5.30. The van der Waals surface area contributed by atoms with Crippen molar-refractivity contribution in [2.24, 2.45) is 5.92 Å². The number of hydrogen-bond acceptors (Lipinski definition) is 3. The number of amides is 2. The van der Waals surface area contributed by atoms with Gasteiger partial charge in [-0.25, -0.2) is 0 Å². The molecule has 22 heavy (non-hydrogen) atoms. The molecule has 1 heterocycles. The number of nitrogens with zero attached hydrogens (tertiary/aromatic N) is 2. The summed E-state index contributed by atoms with van der Waals surface area (Å²) in [5.74, 6) is -0.975. The lowest BCUT2D eigenvalue weighted by atomic mass is 10.2. The first kappa shape index (κ1) is 15.8. The third-order valence-corrected chi connectivity index (χ3v) is 2.97. The van der Waals surface area contributed by atoms with Gasteiger partial charge in [0.15, 0.2) is 0 Å². The lowest BCUT2D eigenvalue weighted by molar-refractivity contribution is -0.136. The molecule has 2 aromatic rings. The van der Waals surface area contributed by atoms with Crippen LogP contribution in [0, 0.1) is 5.92 Å². The smallest absolute Gasteiger partial charge is 0.313 e. The van der Waals surface area contributed by atoms with Gasteiger partial charge in [0.25, 0.3) is 0 Å². The second-order valence-corrected chi connectivity index (χ2v) is 5.46. The number of carbonyl (C=O) groups excluding carboxylic acids is 2. The second-order valence-electron chi connectivity index (χ2n) is 5.46. The molecule has 2 amide bonds. The quantitative estimate of drug-likeness (QED) is 0.824. The number of hydrogen-bond donors (Lipinski definition) is 2. The van der Waals surface area contributed by atoms with Gasteiger partial charge < -0.3 is 10.6 Å². The molecule has 0 atom stereocenters. The molecule has 116 valence electrons. The maximum Gasteiger partial charge on any atom is 0.313 e. The van der Waals surface area contributed by atoms with Gasteiger partial charge in [-0.15, -0.1) is 0 Å². The van der Waals surface area contributed by atoms with Crippen molar-refractivity contribution in [2.75, 3.05) is 11.9 Å². The Morgan fingerprint density at radius 3 is 2.73 bits per heavy atom. The summed E-state index contributed by atoms with van der Waals surface area (Å²) in [5.41, 5.74) is 1.58. The molecular weight excluding hydrogens is 280 g/mol. The average molecular weight is 300 g/mol. The molecule has 0 aliphatic heterocycles. The van der Waals surface area contributed by atoms with Crippen molar-refractivity contribution < 1.29 is 9.59 Å². The molecule has 2 rings (SSSR count). The predicted molar refractivity (Wildman–Crippen MR) is 84.2 cm³/mol. The van der Waals surface area contributed by atoms with Gasteiger partial charge in [0.2, 0.25) is 0 Å². The summed E-state index contributed by atoms with van der Waals surface area (Å²) in [5, 5.41) is 9.33. The number of anilines is 1. The van der Waals surface area contributed by atoms with Crippen LogP contribution in [0.15, 0.2) is 42.7 Å². The fourth-order valence-electron chi connectivity index (χ4n) is 1.89. The van der Waals surface area contributed by atoms with Crippen LogP contribution in [0.4, 0.5) is 5.69 Å². The summed E-state index contributed by atoms with van der Waals surface area (Å²) in [6, 6.07) is 9.21. The van der Waals surface area contributed by atoms with Crippen LogP contribution in [-0.2, 0) is 16.1 Å². The van der Waals surface area contributed by atoms with E-state index in [1.807, 2.05) is 44.3 Å². The zero-order valence-electron chi connectivity index (χ0n) is 12.7. The third-order valence-electron chi connectivity index (χ3n) is 2.97. The molecular formula is C16H20N4O2. The minimum Gasteiger partial charge on any atom is -0.348 e. The molecule has 0 radical (unpaired) electrons. The summed E-state index contributed by atoms with van der Waals surface area (Å²) in [7, 11) is 0. The minimum atomic E-state index is -0.656. The molecule has 6 heteroatoms. The highest BCUT2D eigenvalue weighted by molar-refractivity contribution is 6.39. The highest BCUT2D eigenvalue weighted by Gasteiger charge is 2.13. The normalized spacial score (nSPS) is 10.5. The Bertz CT molecular complexity index is 635. The van der Waals surface area contributed by atoms with E-state index in [-0.39, 0.29) is 0 Å². The average Bonchev–Trinajstić information content (AvgIpc) is 2.98. The van der Waals surface area contributed by atoms with Crippen molar-refractivity contribution in [3.63, 3.8) is 0 Å². The first-order valence-corrected chi connectivity index (χ1v) is 7.20. The van der Waals surface area contributed by atoms with Crippen molar-refractivity contribution in [1.82, 2.24) is 15.1 Å². The van der Waals surface area contributed by atoms with E-state index in [9.17, 15) is 9.59 Å². The standard InChI is InChI=1S/C16H20N4O2/c1-12(2)10-17-15(21)16(22)19-14-6-3-5-13(9-14)11-20-8-4-7-18-20/h3-9,12H,10-11H2,1-2H3,(H,17,21)(H,19,22). The molecule has 6 nitrogen and oxygen atoms in total. The Morgan fingerprint density at radius 1 is 1.23 bits per heavy atom. The zero-order chi connectivity index (χ0) is 15.9. The van der Waals surface area contributed by atoms with Crippen molar-refractivity contribution in [2.45, 2.75) is 20.4 Å². The summed E-state index contributed by atoms with van der Waals surface area (Å²) in [6.45, 7) is 5.02. The van der Waals surface area contributed by atoms with E-state index < -0.39 is 11.8 Å².